The van der Waals surface area contributed by atoms with Gasteiger partial charge in [-0.15, -0.1) is 0 Å². The summed E-state index contributed by atoms with van der Waals surface area (Å²) < 4.78 is 66.9. The van der Waals surface area contributed by atoms with Crippen LogP contribution >= 0.6 is 0 Å². The number of esters is 1. The number of aromatic amines is 1. The highest BCUT2D eigenvalue weighted by Crippen LogP contribution is 2.40. The Morgan fingerprint density at radius 1 is 1.00 bits per heavy atom. The first-order valence-electron chi connectivity index (χ1n) is 18.0. The number of para-hydroxylation sites is 1. The molecule has 0 saturated carbocycles. The van der Waals surface area contributed by atoms with Gasteiger partial charge >= 0.3 is 12.1 Å². The SMILES string of the molecule is CCOC(=O)c1noc(C(NC(=O)[C@]2(NC(=O)C(NC(=O)Cc3ccccc3F)C(C)CC)CCc3[nH]c4c(C(F)(F)F)cccc4c3C2)[C@@H](C)CC)n1. The topological polar surface area (TPSA) is 168 Å². The number of aryl methyl sites for hydroxylation is 1. The van der Waals surface area contributed by atoms with Crippen LogP contribution in [0, 0.1) is 17.7 Å². The average molecular weight is 757 g/mol. The van der Waals surface area contributed by atoms with Crippen molar-refractivity contribution in [2.45, 2.75) is 96.9 Å². The number of amides is 3. The number of carbonyl (C=O) groups is 4. The highest BCUT2D eigenvalue weighted by molar-refractivity contribution is 5.97. The molecule has 1 aliphatic carbocycles. The molecule has 3 unspecified atom stereocenters. The molecule has 0 spiro atoms. The molecule has 16 heteroatoms. The molecule has 2 aromatic heterocycles. The van der Waals surface area contributed by atoms with E-state index >= 15 is 0 Å². The fraction of sp³-hybridized carbons (Fsp3) is 0.474. The Labute approximate surface area is 309 Å². The first-order chi connectivity index (χ1) is 25.6. The van der Waals surface area contributed by atoms with Crippen LogP contribution in [0.2, 0.25) is 0 Å². The molecule has 0 radical (unpaired) electrons. The van der Waals surface area contributed by atoms with Gasteiger partial charge < -0.3 is 30.2 Å². The number of ether oxygens (including phenoxy) is 1. The molecular weight excluding hydrogens is 712 g/mol. The zero-order chi connectivity index (χ0) is 39.4. The molecule has 1 aliphatic rings. The second-order valence-corrected chi connectivity index (χ2v) is 13.8. The lowest BCUT2D eigenvalue weighted by Crippen LogP contribution is -2.65. The summed E-state index contributed by atoms with van der Waals surface area (Å²) in [4.78, 5) is 61.7. The number of nitrogens with one attached hydrogen (secondary N) is 4. The number of carbonyl (C=O) groups excluding carboxylic acids is 4. The molecule has 3 amide bonds. The average Bonchev–Trinajstić information content (AvgIpc) is 3.78. The molecular formula is C38H44F4N6O6. The number of aromatic nitrogens is 3. The van der Waals surface area contributed by atoms with Gasteiger partial charge in [-0.25, -0.2) is 9.18 Å². The number of rotatable bonds is 14. The van der Waals surface area contributed by atoms with E-state index in [1.54, 1.807) is 19.9 Å². The normalized spacial score (nSPS) is 17.9. The van der Waals surface area contributed by atoms with Crippen LogP contribution in [-0.4, -0.2) is 57.0 Å². The van der Waals surface area contributed by atoms with Gasteiger partial charge in [0.1, 0.15) is 23.4 Å². The van der Waals surface area contributed by atoms with Crippen molar-refractivity contribution in [2.24, 2.45) is 11.8 Å². The largest absolute Gasteiger partial charge is 0.460 e. The van der Waals surface area contributed by atoms with Crippen LogP contribution in [0.15, 0.2) is 47.0 Å². The second-order valence-electron chi connectivity index (χ2n) is 13.8. The molecule has 5 atom stereocenters. The Kier molecular flexibility index (Phi) is 12.1. The van der Waals surface area contributed by atoms with E-state index in [0.29, 0.717) is 24.1 Å². The number of nitrogens with zero attached hydrogens (tertiary/aromatic N) is 2. The van der Waals surface area contributed by atoms with Crippen LogP contribution in [-0.2, 0) is 44.6 Å². The van der Waals surface area contributed by atoms with Gasteiger partial charge in [-0.2, -0.15) is 18.2 Å². The van der Waals surface area contributed by atoms with Crippen LogP contribution in [0.4, 0.5) is 17.6 Å². The highest BCUT2D eigenvalue weighted by atomic mass is 19.4. The first-order valence-corrected chi connectivity index (χ1v) is 18.0. The summed E-state index contributed by atoms with van der Waals surface area (Å²) in [5.41, 5.74) is -1.70. The van der Waals surface area contributed by atoms with E-state index in [-0.39, 0.29) is 66.4 Å². The lowest BCUT2D eigenvalue weighted by molar-refractivity contribution is -0.137. The fourth-order valence-corrected chi connectivity index (χ4v) is 6.72. The van der Waals surface area contributed by atoms with E-state index in [4.69, 9.17) is 9.26 Å². The van der Waals surface area contributed by atoms with Gasteiger partial charge in [-0.05, 0) is 60.0 Å². The van der Waals surface area contributed by atoms with Crippen LogP contribution in [0.25, 0.3) is 10.9 Å². The van der Waals surface area contributed by atoms with E-state index in [1.807, 2.05) is 20.8 Å². The van der Waals surface area contributed by atoms with Crippen molar-refractivity contribution in [1.29, 1.82) is 0 Å². The Bertz CT molecular complexity index is 2010. The molecule has 4 aromatic rings. The molecule has 12 nitrogen and oxygen atoms in total. The van der Waals surface area contributed by atoms with Crippen molar-refractivity contribution in [1.82, 2.24) is 31.1 Å². The van der Waals surface area contributed by atoms with Gasteiger partial charge in [0.2, 0.25) is 23.6 Å². The number of halogens is 4. The third kappa shape index (κ3) is 8.42. The second kappa shape index (κ2) is 16.4. The quantitative estimate of drug-likeness (QED) is 0.0911. The van der Waals surface area contributed by atoms with Gasteiger partial charge in [0.05, 0.1) is 24.1 Å². The lowest BCUT2D eigenvalue weighted by Gasteiger charge is -2.39. The summed E-state index contributed by atoms with van der Waals surface area (Å²) in [5, 5.41) is 12.5. The minimum Gasteiger partial charge on any atom is -0.460 e. The fourth-order valence-electron chi connectivity index (χ4n) is 6.72. The zero-order valence-electron chi connectivity index (χ0n) is 30.7. The Hall–Kier alpha value is -5.28. The summed E-state index contributed by atoms with van der Waals surface area (Å²) in [7, 11) is 0. The maximum absolute atomic E-state index is 14.7. The number of fused-ring (bicyclic) bond motifs is 3. The molecule has 0 fully saturated rings. The number of hydrogen-bond acceptors (Lipinski definition) is 8. The molecule has 2 aromatic carbocycles. The predicted molar refractivity (Wildman–Crippen MR) is 188 cm³/mol. The lowest BCUT2D eigenvalue weighted by atomic mass is 9.78. The number of hydrogen-bond donors (Lipinski definition) is 4. The molecule has 54 heavy (non-hydrogen) atoms. The van der Waals surface area contributed by atoms with E-state index in [1.165, 1.54) is 30.3 Å². The highest BCUT2D eigenvalue weighted by Gasteiger charge is 2.47. The van der Waals surface area contributed by atoms with Gasteiger partial charge in [0.25, 0.3) is 5.82 Å². The molecule has 0 bridgehead atoms. The van der Waals surface area contributed by atoms with E-state index in [0.717, 1.165) is 6.07 Å². The van der Waals surface area contributed by atoms with Crippen molar-refractivity contribution in [3.8, 4) is 0 Å². The zero-order valence-corrected chi connectivity index (χ0v) is 30.7. The summed E-state index contributed by atoms with van der Waals surface area (Å²) in [6.45, 7) is 8.92. The first kappa shape index (κ1) is 39.9. The maximum Gasteiger partial charge on any atom is 0.418 e. The smallest absolute Gasteiger partial charge is 0.418 e. The molecule has 2 heterocycles. The number of alkyl halides is 3. The standard InChI is InChI=1S/C38H44F4N6O6/c1-6-20(4)29(44-28(49)18-22-12-9-10-15-26(22)39)33(50)47-37(17-16-27-24(19-37)23-13-11-14-25(31(23)43-27)38(40,41)42)36(52)45-30(21(5)7-2)34-46-32(48-54-34)35(51)53-8-3/h9-15,20-21,29-30,43H,6-8,16-19H2,1-5H3,(H,44,49)(H,45,52)(H,47,50)/t20?,21-,29?,30?,37-/m0/s1. The molecule has 4 N–H and O–H groups in total. The number of benzene rings is 2. The Morgan fingerprint density at radius 2 is 1.72 bits per heavy atom. The molecule has 0 aliphatic heterocycles. The van der Waals surface area contributed by atoms with Gasteiger partial charge in [0.15, 0.2) is 0 Å². The molecule has 0 saturated heterocycles. The van der Waals surface area contributed by atoms with Crippen LogP contribution < -0.4 is 16.0 Å². The minimum atomic E-state index is -4.66. The molecule has 290 valence electrons. The predicted octanol–water partition coefficient (Wildman–Crippen LogP) is 5.91. The van der Waals surface area contributed by atoms with Gasteiger partial charge in [-0.3, -0.25) is 14.4 Å². The summed E-state index contributed by atoms with van der Waals surface area (Å²) in [5.74, 6) is -4.62. The van der Waals surface area contributed by atoms with Crippen LogP contribution in [0.3, 0.4) is 0 Å². The van der Waals surface area contributed by atoms with Gasteiger partial charge in [0, 0.05) is 17.5 Å². The van der Waals surface area contributed by atoms with Crippen LogP contribution in [0.5, 0.6) is 0 Å². The van der Waals surface area contributed by atoms with Crippen molar-refractivity contribution < 1.29 is 46.0 Å². The van der Waals surface area contributed by atoms with E-state index in [9.17, 15) is 36.7 Å². The maximum atomic E-state index is 14.7. The number of H-pyrrole nitrogens is 1. The van der Waals surface area contributed by atoms with Crippen molar-refractivity contribution in [3.63, 3.8) is 0 Å². The summed E-state index contributed by atoms with van der Waals surface area (Å²) in [6, 6.07) is 7.45. The molecule has 5 rings (SSSR count). The minimum absolute atomic E-state index is 0.0344. The van der Waals surface area contributed by atoms with E-state index in [2.05, 4.69) is 31.1 Å². The third-order valence-electron chi connectivity index (χ3n) is 10.2. The van der Waals surface area contributed by atoms with Crippen LogP contribution in [0.1, 0.15) is 98.8 Å². The Morgan fingerprint density at radius 3 is 2.39 bits per heavy atom. The van der Waals surface area contributed by atoms with E-state index < -0.39 is 64.8 Å². The van der Waals surface area contributed by atoms with Crippen molar-refractivity contribution in [3.05, 3.63) is 82.4 Å². The van der Waals surface area contributed by atoms with Crippen molar-refractivity contribution >= 4 is 34.6 Å². The summed E-state index contributed by atoms with van der Waals surface area (Å²) >= 11 is 0. The van der Waals surface area contributed by atoms with Crippen molar-refractivity contribution in [2.75, 3.05) is 6.61 Å². The third-order valence-corrected chi connectivity index (χ3v) is 10.2. The van der Waals surface area contributed by atoms with Gasteiger partial charge in [-0.1, -0.05) is 70.9 Å². The Balaban J connectivity index is 1.53. The monoisotopic (exact) mass is 756 g/mol. The summed E-state index contributed by atoms with van der Waals surface area (Å²) in [6.07, 6.45) is -4.19.